The van der Waals surface area contributed by atoms with E-state index in [1.54, 1.807) is 0 Å². The van der Waals surface area contributed by atoms with Gasteiger partial charge in [0.25, 0.3) is 0 Å². The van der Waals surface area contributed by atoms with Crippen LogP contribution in [0.15, 0.2) is 24.3 Å². The average Bonchev–Trinajstić information content (AvgIpc) is 2.19. The fraction of sp³-hybridized carbons (Fsp3) is 0.455. The summed E-state index contributed by atoms with van der Waals surface area (Å²) >= 11 is 2.30. The zero-order valence-corrected chi connectivity index (χ0v) is 10.5. The molecule has 2 N–H and O–H groups in total. The molecule has 1 aromatic carbocycles. The predicted octanol–water partition coefficient (Wildman–Crippen LogP) is 2.32. The zero-order valence-electron chi connectivity index (χ0n) is 8.33. The summed E-state index contributed by atoms with van der Waals surface area (Å²) in [4.78, 5) is 0. The van der Waals surface area contributed by atoms with Gasteiger partial charge in [-0.25, -0.2) is 0 Å². The van der Waals surface area contributed by atoms with E-state index in [0.717, 1.165) is 13.0 Å². The van der Waals surface area contributed by atoms with Crippen LogP contribution in [0.2, 0.25) is 0 Å². The van der Waals surface area contributed by atoms with Gasteiger partial charge in [-0.05, 0) is 60.2 Å². The Morgan fingerprint density at radius 3 is 2.57 bits per heavy atom. The van der Waals surface area contributed by atoms with Gasteiger partial charge in [0.05, 0.1) is 0 Å². The number of rotatable bonds is 5. The van der Waals surface area contributed by atoms with Gasteiger partial charge in [-0.2, -0.15) is 0 Å². The average molecular weight is 305 g/mol. The minimum atomic E-state index is 0.256. The summed E-state index contributed by atoms with van der Waals surface area (Å²) in [6.45, 7) is 3.26. The Hall–Kier alpha value is -0.130. The Labute approximate surface area is 98.9 Å². The molecule has 14 heavy (non-hydrogen) atoms. The molecule has 1 atom stereocenters. The maximum absolute atomic E-state index is 8.65. The molecule has 78 valence electrons. The second kappa shape index (κ2) is 6.37. The SMILES string of the molecule is C[C@H](NCCCO)c1ccc(I)cc1. The molecule has 1 aromatic rings. The summed E-state index contributed by atoms with van der Waals surface area (Å²) in [5, 5.41) is 12.0. The highest BCUT2D eigenvalue weighted by Gasteiger charge is 2.02. The molecule has 0 bridgehead atoms. The number of aliphatic hydroxyl groups is 1. The summed E-state index contributed by atoms with van der Waals surface area (Å²) in [5.41, 5.74) is 1.29. The molecule has 0 fully saturated rings. The van der Waals surface area contributed by atoms with E-state index in [2.05, 4.69) is 59.1 Å². The Kier molecular flexibility index (Phi) is 5.44. The highest BCUT2D eigenvalue weighted by molar-refractivity contribution is 14.1. The van der Waals surface area contributed by atoms with Crippen molar-refractivity contribution < 1.29 is 5.11 Å². The lowest BCUT2D eigenvalue weighted by Gasteiger charge is -2.13. The molecule has 3 heteroatoms. The van der Waals surface area contributed by atoms with Crippen molar-refractivity contribution in [2.75, 3.05) is 13.2 Å². The van der Waals surface area contributed by atoms with E-state index in [1.165, 1.54) is 9.13 Å². The standard InChI is InChI=1S/C11H16INO/c1-9(13-7-2-8-14)10-3-5-11(12)6-4-10/h3-6,9,13-14H,2,7-8H2,1H3/t9-/m0/s1. The van der Waals surface area contributed by atoms with Gasteiger partial charge in [0.2, 0.25) is 0 Å². The van der Waals surface area contributed by atoms with Gasteiger partial charge in [-0.15, -0.1) is 0 Å². The first-order chi connectivity index (χ1) is 6.74. The zero-order chi connectivity index (χ0) is 10.4. The summed E-state index contributed by atoms with van der Waals surface area (Å²) in [5.74, 6) is 0. The first-order valence-electron chi connectivity index (χ1n) is 4.83. The van der Waals surface area contributed by atoms with Crippen LogP contribution in [0, 0.1) is 3.57 Å². The van der Waals surface area contributed by atoms with Crippen molar-refractivity contribution in [3.63, 3.8) is 0 Å². The van der Waals surface area contributed by atoms with E-state index < -0.39 is 0 Å². The third kappa shape index (κ3) is 3.94. The Morgan fingerprint density at radius 2 is 2.00 bits per heavy atom. The number of aliphatic hydroxyl groups excluding tert-OH is 1. The lowest BCUT2D eigenvalue weighted by molar-refractivity contribution is 0.284. The van der Waals surface area contributed by atoms with Gasteiger partial charge in [-0.3, -0.25) is 0 Å². The van der Waals surface area contributed by atoms with Crippen LogP contribution in [-0.4, -0.2) is 18.3 Å². The molecule has 0 saturated heterocycles. The van der Waals surface area contributed by atoms with Gasteiger partial charge >= 0.3 is 0 Å². The van der Waals surface area contributed by atoms with Crippen molar-refractivity contribution in [2.45, 2.75) is 19.4 Å². The summed E-state index contributed by atoms with van der Waals surface area (Å²) in [7, 11) is 0. The molecule has 0 spiro atoms. The first-order valence-corrected chi connectivity index (χ1v) is 5.91. The van der Waals surface area contributed by atoms with Crippen LogP contribution >= 0.6 is 22.6 Å². The summed E-state index contributed by atoms with van der Waals surface area (Å²) in [6.07, 6.45) is 0.814. The molecular weight excluding hydrogens is 289 g/mol. The molecule has 0 aliphatic rings. The monoisotopic (exact) mass is 305 g/mol. The van der Waals surface area contributed by atoms with Crippen LogP contribution < -0.4 is 5.32 Å². The molecule has 0 aromatic heterocycles. The van der Waals surface area contributed by atoms with Crippen molar-refractivity contribution in [1.29, 1.82) is 0 Å². The van der Waals surface area contributed by atoms with Gasteiger partial charge in [-0.1, -0.05) is 12.1 Å². The second-order valence-corrected chi connectivity index (χ2v) is 4.55. The molecule has 0 aliphatic carbocycles. The van der Waals surface area contributed by atoms with Crippen LogP contribution in [0.4, 0.5) is 0 Å². The molecule has 0 saturated carbocycles. The number of hydrogen-bond donors (Lipinski definition) is 2. The quantitative estimate of drug-likeness (QED) is 0.646. The van der Waals surface area contributed by atoms with E-state index in [9.17, 15) is 0 Å². The number of benzene rings is 1. The predicted molar refractivity (Wildman–Crippen MR) is 67.3 cm³/mol. The molecule has 2 nitrogen and oxygen atoms in total. The van der Waals surface area contributed by atoms with Crippen LogP contribution in [0.3, 0.4) is 0 Å². The van der Waals surface area contributed by atoms with Gasteiger partial charge in [0.1, 0.15) is 0 Å². The summed E-state index contributed by atoms with van der Waals surface area (Å²) < 4.78 is 1.26. The Balaban J connectivity index is 2.43. The maximum Gasteiger partial charge on any atom is 0.0443 e. The van der Waals surface area contributed by atoms with Crippen molar-refractivity contribution in [1.82, 2.24) is 5.32 Å². The van der Waals surface area contributed by atoms with Crippen molar-refractivity contribution in [3.05, 3.63) is 33.4 Å². The minimum absolute atomic E-state index is 0.256. The second-order valence-electron chi connectivity index (χ2n) is 3.30. The lowest BCUT2D eigenvalue weighted by Crippen LogP contribution is -2.20. The molecule has 1 rings (SSSR count). The Morgan fingerprint density at radius 1 is 1.36 bits per heavy atom. The van der Waals surface area contributed by atoms with Gasteiger partial charge in [0, 0.05) is 16.2 Å². The molecular formula is C11H16INO. The van der Waals surface area contributed by atoms with Crippen LogP contribution in [-0.2, 0) is 0 Å². The number of hydrogen-bond acceptors (Lipinski definition) is 2. The molecule has 0 amide bonds. The third-order valence-corrected chi connectivity index (χ3v) is 2.87. The topological polar surface area (TPSA) is 32.3 Å². The molecule has 0 unspecified atom stereocenters. The fourth-order valence-corrected chi connectivity index (χ4v) is 1.63. The van der Waals surface area contributed by atoms with Crippen LogP contribution in [0.25, 0.3) is 0 Å². The number of halogens is 1. The van der Waals surface area contributed by atoms with Gasteiger partial charge < -0.3 is 10.4 Å². The van der Waals surface area contributed by atoms with E-state index in [4.69, 9.17) is 5.11 Å². The molecule has 0 aliphatic heterocycles. The lowest BCUT2D eigenvalue weighted by atomic mass is 10.1. The van der Waals surface area contributed by atoms with Crippen LogP contribution in [0.5, 0.6) is 0 Å². The van der Waals surface area contributed by atoms with Crippen molar-refractivity contribution in [2.24, 2.45) is 0 Å². The third-order valence-electron chi connectivity index (χ3n) is 2.16. The van der Waals surface area contributed by atoms with E-state index >= 15 is 0 Å². The highest BCUT2D eigenvalue weighted by atomic mass is 127. The highest BCUT2D eigenvalue weighted by Crippen LogP contribution is 2.14. The van der Waals surface area contributed by atoms with Crippen molar-refractivity contribution >= 4 is 22.6 Å². The normalized spacial score (nSPS) is 12.8. The number of nitrogens with one attached hydrogen (secondary N) is 1. The molecule has 0 heterocycles. The van der Waals surface area contributed by atoms with Crippen LogP contribution in [0.1, 0.15) is 24.9 Å². The van der Waals surface area contributed by atoms with Crippen molar-refractivity contribution in [3.8, 4) is 0 Å². The first kappa shape index (κ1) is 11.9. The molecule has 0 radical (unpaired) electrons. The maximum atomic E-state index is 8.65. The fourth-order valence-electron chi connectivity index (χ4n) is 1.27. The largest absolute Gasteiger partial charge is 0.396 e. The van der Waals surface area contributed by atoms with E-state index in [0.29, 0.717) is 6.04 Å². The van der Waals surface area contributed by atoms with Gasteiger partial charge in [0.15, 0.2) is 0 Å². The Bertz CT molecular complexity index is 260. The minimum Gasteiger partial charge on any atom is -0.396 e. The van der Waals surface area contributed by atoms with E-state index in [-0.39, 0.29) is 6.61 Å². The van der Waals surface area contributed by atoms with E-state index in [1.807, 2.05) is 0 Å². The smallest absolute Gasteiger partial charge is 0.0443 e. The summed E-state index contributed by atoms with van der Waals surface area (Å²) in [6, 6.07) is 8.86.